The molecular weight excluding hydrogens is 1100 g/mol. The highest BCUT2D eigenvalue weighted by atomic mass is 19.1. The monoisotopic (exact) mass is 1190 g/mol. The SMILES string of the molecule is C[C@H]1OC(=O)[C@H](CC(C)(C)C)N(C)C(=O)[C@@H](Cc2ccc(C3CCOCC3)cc2)OC(=O)[C@H](CC(C)(C)F)N(C)C(=O)[C@@H](C)OC(=O)[C@H](CC(C)(C)C)N(C)C(=O)[C@@H]([C@@H](C)c2ccc(C3CCOCC3)cc2)OC(=O)[C@H](CC(C)(C)F)N(C)C1=O. The van der Waals surface area contributed by atoms with Crippen molar-refractivity contribution in [1.82, 2.24) is 19.6 Å². The smallest absolute Gasteiger partial charge is 0.329 e. The van der Waals surface area contributed by atoms with Gasteiger partial charge in [-0.1, -0.05) is 97.0 Å². The summed E-state index contributed by atoms with van der Waals surface area (Å²) in [4.78, 5) is 123. The zero-order chi connectivity index (χ0) is 63.7. The summed E-state index contributed by atoms with van der Waals surface area (Å²) in [6, 6.07) is 8.65. The fraction of sp³-hybridized carbons (Fsp3) is 0.692. The van der Waals surface area contributed by atoms with Crippen LogP contribution in [0.5, 0.6) is 0 Å². The summed E-state index contributed by atoms with van der Waals surface area (Å²) in [6.07, 6.45) is -5.05. The Morgan fingerprint density at radius 1 is 0.459 bits per heavy atom. The van der Waals surface area contributed by atoms with Gasteiger partial charge in [0.1, 0.15) is 35.5 Å². The summed E-state index contributed by atoms with van der Waals surface area (Å²) in [5.74, 6) is -8.54. The third-order valence-corrected chi connectivity index (χ3v) is 16.3. The minimum Gasteiger partial charge on any atom is -0.451 e. The quantitative estimate of drug-likeness (QED) is 0.144. The number of alkyl halides is 2. The van der Waals surface area contributed by atoms with Crippen molar-refractivity contribution >= 4 is 47.5 Å². The Labute approximate surface area is 502 Å². The van der Waals surface area contributed by atoms with Crippen molar-refractivity contribution in [2.45, 2.75) is 225 Å². The molecule has 3 heterocycles. The Bertz CT molecular complexity index is 2600. The molecule has 4 amide bonds. The number of benzene rings is 2. The number of hydrogen-bond acceptors (Lipinski definition) is 14. The zero-order valence-electron chi connectivity index (χ0n) is 53.4. The van der Waals surface area contributed by atoms with E-state index in [9.17, 15) is 28.8 Å². The molecule has 85 heavy (non-hydrogen) atoms. The van der Waals surface area contributed by atoms with Crippen molar-refractivity contribution in [3.8, 4) is 0 Å². The molecule has 0 aromatic heterocycles. The Balaban J connectivity index is 1.66. The van der Waals surface area contributed by atoms with Crippen LogP contribution in [-0.2, 0) is 73.2 Å². The van der Waals surface area contributed by atoms with E-state index in [-0.39, 0.29) is 31.1 Å². The first-order chi connectivity index (χ1) is 39.4. The molecule has 20 heteroatoms. The molecule has 0 N–H and O–H groups in total. The first-order valence-corrected chi connectivity index (χ1v) is 30.0. The van der Waals surface area contributed by atoms with Crippen LogP contribution >= 0.6 is 0 Å². The van der Waals surface area contributed by atoms with Gasteiger partial charge in [-0.05, 0) is 125 Å². The number of amides is 4. The number of cyclic esters (lactones) is 4. The van der Waals surface area contributed by atoms with Crippen molar-refractivity contribution in [3.05, 3.63) is 70.8 Å². The number of carbonyl (C=O) groups is 8. The van der Waals surface area contributed by atoms with E-state index in [1.807, 2.05) is 77.9 Å². The maximum Gasteiger partial charge on any atom is 0.329 e. The van der Waals surface area contributed by atoms with Gasteiger partial charge in [0.05, 0.1) is 0 Å². The molecule has 0 aliphatic carbocycles. The lowest BCUT2D eigenvalue weighted by Gasteiger charge is -2.37. The second-order valence-corrected chi connectivity index (χ2v) is 27.4. The first kappa shape index (κ1) is 69.7. The van der Waals surface area contributed by atoms with E-state index < -0.39 is 137 Å². The van der Waals surface area contributed by atoms with Crippen LogP contribution in [0.4, 0.5) is 8.78 Å². The van der Waals surface area contributed by atoms with Crippen LogP contribution in [0.2, 0.25) is 0 Å². The maximum absolute atomic E-state index is 16.0. The van der Waals surface area contributed by atoms with Gasteiger partial charge in [-0.3, -0.25) is 19.2 Å². The topological polar surface area (TPSA) is 205 Å². The summed E-state index contributed by atoms with van der Waals surface area (Å²) in [5, 5.41) is 0. The van der Waals surface area contributed by atoms with Crippen LogP contribution in [0, 0.1) is 10.8 Å². The Kier molecular flexibility index (Phi) is 23.9. The van der Waals surface area contributed by atoms with E-state index in [1.54, 1.807) is 19.1 Å². The van der Waals surface area contributed by atoms with E-state index in [0.717, 1.165) is 56.4 Å². The highest BCUT2D eigenvalue weighted by Gasteiger charge is 2.46. The van der Waals surface area contributed by atoms with Crippen molar-refractivity contribution in [1.29, 1.82) is 0 Å². The molecule has 3 fully saturated rings. The summed E-state index contributed by atoms with van der Waals surface area (Å²) < 4.78 is 67.3. The lowest BCUT2D eigenvalue weighted by atomic mass is 9.86. The molecule has 0 saturated carbocycles. The molecule has 18 nitrogen and oxygen atoms in total. The van der Waals surface area contributed by atoms with E-state index in [1.165, 1.54) is 69.7 Å². The number of halogens is 2. The molecule has 474 valence electrons. The summed E-state index contributed by atoms with van der Waals surface area (Å²) >= 11 is 0. The van der Waals surface area contributed by atoms with E-state index in [0.29, 0.717) is 37.6 Å². The molecule has 2 aromatic rings. The maximum atomic E-state index is 16.0. The van der Waals surface area contributed by atoms with Crippen LogP contribution in [0.25, 0.3) is 0 Å². The van der Waals surface area contributed by atoms with Gasteiger partial charge in [-0.2, -0.15) is 0 Å². The van der Waals surface area contributed by atoms with Gasteiger partial charge >= 0.3 is 23.9 Å². The number of likely N-dealkylation sites (N-methyl/N-ethyl adjacent to an activating group) is 4. The van der Waals surface area contributed by atoms with Crippen LogP contribution in [0.1, 0.15) is 181 Å². The van der Waals surface area contributed by atoms with E-state index >= 15 is 18.4 Å². The molecule has 3 aliphatic heterocycles. The average molecular weight is 1200 g/mol. The van der Waals surface area contributed by atoms with Gasteiger partial charge in [-0.15, -0.1) is 0 Å². The number of carbonyl (C=O) groups excluding carboxylic acids is 8. The number of rotatable bonds is 12. The molecule has 5 rings (SSSR count). The van der Waals surface area contributed by atoms with Crippen LogP contribution in [0.3, 0.4) is 0 Å². The predicted octanol–water partition coefficient (Wildman–Crippen LogP) is 8.98. The fourth-order valence-electron chi connectivity index (χ4n) is 11.2. The zero-order valence-corrected chi connectivity index (χ0v) is 53.4. The van der Waals surface area contributed by atoms with Gasteiger partial charge in [0.15, 0.2) is 24.4 Å². The van der Waals surface area contributed by atoms with Gasteiger partial charge in [0.25, 0.3) is 23.6 Å². The Morgan fingerprint density at radius 3 is 1.16 bits per heavy atom. The molecule has 0 spiro atoms. The lowest BCUT2D eigenvalue weighted by molar-refractivity contribution is -0.177. The summed E-state index contributed by atoms with van der Waals surface area (Å²) in [5.41, 5.74) is -2.39. The minimum atomic E-state index is -2.12. The molecule has 2 aromatic carbocycles. The third-order valence-electron chi connectivity index (χ3n) is 16.3. The van der Waals surface area contributed by atoms with Crippen molar-refractivity contribution in [3.63, 3.8) is 0 Å². The number of hydrogen-bond donors (Lipinski definition) is 0. The predicted molar refractivity (Wildman–Crippen MR) is 315 cm³/mol. The van der Waals surface area contributed by atoms with Gasteiger partial charge < -0.3 is 48.0 Å². The fourth-order valence-corrected chi connectivity index (χ4v) is 11.2. The van der Waals surface area contributed by atoms with Crippen LogP contribution in [-0.4, -0.2) is 182 Å². The van der Waals surface area contributed by atoms with Crippen LogP contribution < -0.4 is 0 Å². The molecule has 0 radical (unpaired) electrons. The lowest BCUT2D eigenvalue weighted by Crippen LogP contribution is -2.56. The highest BCUT2D eigenvalue weighted by molar-refractivity contribution is 5.94. The molecule has 3 saturated heterocycles. The highest BCUT2D eigenvalue weighted by Crippen LogP contribution is 2.34. The van der Waals surface area contributed by atoms with Gasteiger partial charge in [0, 0.05) is 79.8 Å². The number of esters is 4. The first-order valence-electron chi connectivity index (χ1n) is 30.0. The molecule has 0 unspecified atom stereocenters. The van der Waals surface area contributed by atoms with Crippen molar-refractivity contribution < 1.29 is 75.6 Å². The largest absolute Gasteiger partial charge is 0.451 e. The number of nitrogens with zero attached hydrogens (tertiary/aromatic N) is 4. The average Bonchev–Trinajstić information content (AvgIpc) is 3.45. The second-order valence-electron chi connectivity index (χ2n) is 27.4. The normalized spacial score (nSPS) is 26.2. The van der Waals surface area contributed by atoms with Crippen LogP contribution in [0.15, 0.2) is 48.5 Å². The molecule has 3 aliphatic rings. The molecule has 0 bridgehead atoms. The summed E-state index contributed by atoms with van der Waals surface area (Å²) in [6.45, 7) is 22.4. The van der Waals surface area contributed by atoms with Crippen molar-refractivity contribution in [2.75, 3.05) is 54.6 Å². The number of ether oxygens (including phenoxy) is 6. The second kappa shape index (κ2) is 29.1. The molecule has 9 atom stereocenters. The van der Waals surface area contributed by atoms with Gasteiger partial charge in [-0.25, -0.2) is 28.0 Å². The van der Waals surface area contributed by atoms with Gasteiger partial charge in [0.2, 0.25) is 0 Å². The standard InChI is InChI=1S/C65H96F2N4O14/c1-39(43-22-24-45(25-23-43)47-28-32-81-33-29-47)53-57(75)71(17)49(36-63(7,8)9)59(77)83-40(2)54(72)68(14)50(37-64(10,11)66)60(78)84-52(34-42-18-20-44(21-19-42)46-26-30-80-31-27-46)56(74)70(16)48(35-62(4,5)6)58(76)82-41(3)55(73)69(15)51(61(79)85-53)38-65(12,13)67/h18-25,39-41,46-53H,26-38H2,1-17H3/t39-,40+,41+,48-,49-,50-,51-,52+,53+/m0/s1. The summed E-state index contributed by atoms with van der Waals surface area (Å²) in [7, 11) is 5.10. The van der Waals surface area contributed by atoms with Crippen molar-refractivity contribution in [2.24, 2.45) is 10.8 Å². The van der Waals surface area contributed by atoms with E-state index in [2.05, 4.69) is 0 Å². The third kappa shape index (κ3) is 20.0. The van der Waals surface area contributed by atoms with E-state index in [4.69, 9.17) is 28.4 Å². The minimum absolute atomic E-state index is 0.0419. The Morgan fingerprint density at radius 2 is 0.788 bits per heavy atom. The molecular formula is C65H96F2N4O14. The Hall–Kier alpha value is -6.02.